The first-order valence-corrected chi connectivity index (χ1v) is 4.18. The molecule has 1 nitrogen and oxygen atoms in total. The van der Waals surface area contributed by atoms with E-state index in [2.05, 4.69) is 0 Å². The summed E-state index contributed by atoms with van der Waals surface area (Å²) in [7, 11) is 0. The van der Waals surface area contributed by atoms with E-state index in [1.807, 2.05) is 0 Å². The average molecular weight is 225 g/mol. The van der Waals surface area contributed by atoms with Gasteiger partial charge in [0.15, 0.2) is 5.60 Å². The van der Waals surface area contributed by atoms with Crippen LogP contribution in [0.2, 0.25) is 5.02 Å². The Morgan fingerprint density at radius 2 is 1.57 bits per heavy atom. The highest BCUT2D eigenvalue weighted by Crippen LogP contribution is 2.38. The molecule has 0 amide bonds. The normalized spacial score (nSPS) is 16.4. The molecule has 1 unspecified atom stereocenters. The minimum absolute atomic E-state index is 0.227. The van der Waals surface area contributed by atoms with E-state index in [0.29, 0.717) is 11.9 Å². The van der Waals surface area contributed by atoms with Gasteiger partial charge in [0, 0.05) is 5.02 Å². The summed E-state index contributed by atoms with van der Waals surface area (Å²) in [6.45, 7) is 0.705. The highest BCUT2D eigenvalue weighted by atomic mass is 35.5. The molecule has 1 atom stereocenters. The van der Waals surface area contributed by atoms with E-state index in [-0.39, 0.29) is 5.56 Å². The zero-order valence-corrected chi connectivity index (χ0v) is 8.02. The average Bonchev–Trinajstić information content (AvgIpc) is 2.03. The van der Waals surface area contributed by atoms with Crippen LogP contribution in [0.15, 0.2) is 24.3 Å². The molecule has 1 aromatic carbocycles. The maximum atomic E-state index is 12.3. The van der Waals surface area contributed by atoms with Crippen molar-refractivity contribution in [2.24, 2.45) is 0 Å². The molecule has 0 bridgehead atoms. The van der Waals surface area contributed by atoms with Crippen LogP contribution in [-0.4, -0.2) is 11.3 Å². The Bertz CT molecular complexity index is 316. The van der Waals surface area contributed by atoms with Crippen molar-refractivity contribution in [1.82, 2.24) is 0 Å². The SMILES string of the molecule is CC(O)(c1ccc(Cl)cc1)C(F)(F)F. The zero-order valence-electron chi connectivity index (χ0n) is 7.27. The predicted octanol–water partition coefficient (Wildman–Crippen LogP) is 3.11. The third kappa shape index (κ3) is 2.01. The van der Waals surface area contributed by atoms with Crippen molar-refractivity contribution < 1.29 is 18.3 Å². The fourth-order valence-electron chi connectivity index (χ4n) is 0.938. The molecule has 0 aromatic heterocycles. The minimum atomic E-state index is -4.69. The number of rotatable bonds is 1. The van der Waals surface area contributed by atoms with Crippen molar-refractivity contribution in [1.29, 1.82) is 0 Å². The highest BCUT2D eigenvalue weighted by molar-refractivity contribution is 6.30. The van der Waals surface area contributed by atoms with E-state index in [1.165, 1.54) is 12.1 Å². The largest absolute Gasteiger partial charge is 0.421 e. The summed E-state index contributed by atoms with van der Waals surface area (Å²) in [6, 6.07) is 4.90. The van der Waals surface area contributed by atoms with Gasteiger partial charge in [-0.3, -0.25) is 0 Å². The Morgan fingerprint density at radius 3 is 1.93 bits per heavy atom. The summed E-state index contributed by atoms with van der Waals surface area (Å²) in [4.78, 5) is 0. The van der Waals surface area contributed by atoms with E-state index in [9.17, 15) is 18.3 Å². The van der Waals surface area contributed by atoms with E-state index in [1.54, 1.807) is 0 Å². The summed E-state index contributed by atoms with van der Waals surface area (Å²) >= 11 is 5.51. The summed E-state index contributed by atoms with van der Waals surface area (Å²) < 4.78 is 37.0. The first-order valence-electron chi connectivity index (χ1n) is 3.80. The fourth-order valence-corrected chi connectivity index (χ4v) is 1.06. The Kier molecular flexibility index (Phi) is 2.78. The predicted molar refractivity (Wildman–Crippen MR) is 47.1 cm³/mol. The van der Waals surface area contributed by atoms with Gasteiger partial charge in [0.25, 0.3) is 0 Å². The molecule has 0 saturated heterocycles. The van der Waals surface area contributed by atoms with E-state index in [4.69, 9.17) is 11.6 Å². The van der Waals surface area contributed by atoms with Crippen molar-refractivity contribution in [2.75, 3.05) is 0 Å². The van der Waals surface area contributed by atoms with Crippen LogP contribution in [0.5, 0.6) is 0 Å². The number of benzene rings is 1. The standard InChI is InChI=1S/C9H8ClF3O/c1-8(14,9(11,12)13)6-2-4-7(10)5-3-6/h2-5,14H,1H3. The lowest BCUT2D eigenvalue weighted by Crippen LogP contribution is -2.39. The third-order valence-electron chi connectivity index (χ3n) is 1.96. The van der Waals surface area contributed by atoms with Gasteiger partial charge in [0.2, 0.25) is 0 Å². The number of alkyl halides is 3. The second kappa shape index (κ2) is 3.44. The molecule has 0 radical (unpaired) electrons. The molecule has 0 aliphatic rings. The summed E-state index contributed by atoms with van der Waals surface area (Å²) in [5.74, 6) is 0. The third-order valence-corrected chi connectivity index (χ3v) is 2.21. The molecule has 0 fully saturated rings. The van der Waals surface area contributed by atoms with Gasteiger partial charge in [-0.1, -0.05) is 23.7 Å². The summed E-state index contributed by atoms with van der Waals surface area (Å²) in [5.41, 5.74) is -3.06. The molecule has 1 N–H and O–H groups in total. The molecule has 0 saturated carbocycles. The van der Waals surface area contributed by atoms with Gasteiger partial charge in [-0.05, 0) is 24.6 Å². The van der Waals surface area contributed by atoms with E-state index < -0.39 is 11.8 Å². The number of hydrogen-bond acceptors (Lipinski definition) is 1. The van der Waals surface area contributed by atoms with Crippen LogP contribution in [0.4, 0.5) is 13.2 Å². The maximum Gasteiger partial charge on any atom is 0.421 e. The Hall–Kier alpha value is -0.740. The monoisotopic (exact) mass is 224 g/mol. The van der Waals surface area contributed by atoms with Gasteiger partial charge in [-0.2, -0.15) is 13.2 Å². The zero-order chi connectivity index (χ0) is 11.0. The number of halogens is 4. The topological polar surface area (TPSA) is 20.2 Å². The molecule has 14 heavy (non-hydrogen) atoms. The van der Waals surface area contributed by atoms with Gasteiger partial charge in [-0.15, -0.1) is 0 Å². The van der Waals surface area contributed by atoms with E-state index >= 15 is 0 Å². The minimum Gasteiger partial charge on any atom is -0.376 e. The van der Waals surface area contributed by atoms with Crippen molar-refractivity contribution in [3.63, 3.8) is 0 Å². The number of hydrogen-bond donors (Lipinski definition) is 1. The second-order valence-corrected chi connectivity index (χ2v) is 3.51. The molecule has 1 rings (SSSR count). The van der Waals surface area contributed by atoms with Crippen LogP contribution in [0, 0.1) is 0 Å². The van der Waals surface area contributed by atoms with E-state index in [0.717, 1.165) is 12.1 Å². The fraction of sp³-hybridized carbons (Fsp3) is 0.333. The van der Waals surface area contributed by atoms with Gasteiger partial charge < -0.3 is 5.11 Å². The lowest BCUT2D eigenvalue weighted by atomic mass is 9.96. The number of aliphatic hydroxyl groups is 1. The van der Waals surface area contributed by atoms with Crippen LogP contribution < -0.4 is 0 Å². The molecule has 0 heterocycles. The molecule has 5 heteroatoms. The molecule has 1 aromatic rings. The maximum absolute atomic E-state index is 12.3. The first kappa shape index (κ1) is 11.3. The lowest BCUT2D eigenvalue weighted by molar-refractivity contribution is -0.258. The van der Waals surface area contributed by atoms with Crippen molar-refractivity contribution in [2.45, 2.75) is 18.7 Å². The van der Waals surface area contributed by atoms with Gasteiger partial charge in [-0.25, -0.2) is 0 Å². The van der Waals surface area contributed by atoms with Crippen LogP contribution in [0.1, 0.15) is 12.5 Å². The quantitative estimate of drug-likeness (QED) is 0.777. The first-order chi connectivity index (χ1) is 6.25. The Morgan fingerprint density at radius 1 is 1.14 bits per heavy atom. The smallest absolute Gasteiger partial charge is 0.376 e. The second-order valence-electron chi connectivity index (χ2n) is 3.08. The van der Waals surface area contributed by atoms with Crippen LogP contribution in [0.3, 0.4) is 0 Å². The molecule has 0 aliphatic heterocycles. The van der Waals surface area contributed by atoms with Crippen molar-refractivity contribution >= 4 is 11.6 Å². The lowest BCUT2D eigenvalue weighted by Gasteiger charge is -2.26. The Balaban J connectivity index is 3.10. The summed E-state index contributed by atoms with van der Waals surface area (Å²) in [5, 5.41) is 9.57. The van der Waals surface area contributed by atoms with Gasteiger partial charge in [0.1, 0.15) is 0 Å². The Labute approximate surface area is 84.1 Å². The van der Waals surface area contributed by atoms with Crippen molar-refractivity contribution in [3.8, 4) is 0 Å². The van der Waals surface area contributed by atoms with Crippen LogP contribution >= 0.6 is 11.6 Å². The summed E-state index contributed by atoms with van der Waals surface area (Å²) in [6.07, 6.45) is -4.69. The molecule has 0 aliphatic carbocycles. The highest BCUT2D eigenvalue weighted by Gasteiger charge is 2.50. The molecular formula is C9H8ClF3O. The molecule has 0 spiro atoms. The molecular weight excluding hydrogens is 217 g/mol. The van der Waals surface area contributed by atoms with Gasteiger partial charge in [0.05, 0.1) is 0 Å². The van der Waals surface area contributed by atoms with Crippen LogP contribution in [0.25, 0.3) is 0 Å². The molecule has 78 valence electrons. The van der Waals surface area contributed by atoms with Gasteiger partial charge >= 0.3 is 6.18 Å². The van der Waals surface area contributed by atoms with Crippen molar-refractivity contribution in [3.05, 3.63) is 34.9 Å². The van der Waals surface area contributed by atoms with Crippen LogP contribution in [-0.2, 0) is 5.60 Å².